The zero-order valence-electron chi connectivity index (χ0n) is 13.2. The van der Waals surface area contributed by atoms with E-state index in [-0.39, 0.29) is 0 Å². The van der Waals surface area contributed by atoms with Crippen molar-refractivity contribution in [1.29, 1.82) is 0 Å². The summed E-state index contributed by atoms with van der Waals surface area (Å²) in [7, 11) is 0. The van der Waals surface area contributed by atoms with Crippen LogP contribution < -0.4 is 10.1 Å². The van der Waals surface area contributed by atoms with E-state index in [2.05, 4.69) is 43.2 Å². The summed E-state index contributed by atoms with van der Waals surface area (Å²) >= 11 is 0. The highest BCUT2D eigenvalue weighted by Crippen LogP contribution is 2.24. The SMILES string of the molecule is CCCNCc1cc(C)c(OCCn2ccnc2)c(C)c1. The van der Waals surface area contributed by atoms with Crippen molar-refractivity contribution in [2.24, 2.45) is 0 Å². The standard InChI is InChI=1S/C17H25N3O/c1-4-5-18-12-16-10-14(2)17(15(3)11-16)21-9-8-20-7-6-19-13-20/h6-7,10-11,13,18H,4-5,8-9,12H2,1-3H3. The Balaban J connectivity index is 1.93. The molecular formula is C17H25N3O. The van der Waals surface area contributed by atoms with E-state index in [4.69, 9.17) is 4.74 Å². The molecule has 1 heterocycles. The Labute approximate surface area is 127 Å². The zero-order chi connectivity index (χ0) is 15.1. The Morgan fingerprint density at radius 3 is 2.62 bits per heavy atom. The summed E-state index contributed by atoms with van der Waals surface area (Å²) in [4.78, 5) is 4.03. The molecule has 0 spiro atoms. The number of benzene rings is 1. The van der Waals surface area contributed by atoms with Crippen molar-refractivity contribution in [2.75, 3.05) is 13.2 Å². The molecule has 21 heavy (non-hydrogen) atoms. The molecule has 0 bridgehead atoms. The number of rotatable bonds is 8. The summed E-state index contributed by atoms with van der Waals surface area (Å²) in [6, 6.07) is 4.42. The second-order valence-corrected chi connectivity index (χ2v) is 5.38. The summed E-state index contributed by atoms with van der Waals surface area (Å²) in [6.45, 7) is 9.86. The van der Waals surface area contributed by atoms with Crippen LogP contribution in [0.2, 0.25) is 0 Å². The molecule has 0 aliphatic heterocycles. The van der Waals surface area contributed by atoms with Gasteiger partial charge in [0.2, 0.25) is 0 Å². The predicted octanol–water partition coefficient (Wildman–Crippen LogP) is 3.08. The molecule has 0 aliphatic carbocycles. The smallest absolute Gasteiger partial charge is 0.125 e. The quantitative estimate of drug-likeness (QED) is 0.758. The fraction of sp³-hybridized carbons (Fsp3) is 0.471. The molecule has 0 aliphatic rings. The van der Waals surface area contributed by atoms with E-state index in [0.717, 1.165) is 31.8 Å². The molecule has 2 aromatic rings. The molecule has 0 radical (unpaired) electrons. The summed E-state index contributed by atoms with van der Waals surface area (Å²) < 4.78 is 7.97. The third-order valence-electron chi connectivity index (χ3n) is 3.43. The minimum atomic E-state index is 0.658. The molecule has 0 saturated carbocycles. The van der Waals surface area contributed by atoms with Crippen LogP contribution in [0, 0.1) is 13.8 Å². The monoisotopic (exact) mass is 287 g/mol. The molecule has 4 heteroatoms. The van der Waals surface area contributed by atoms with Gasteiger partial charge in [-0.15, -0.1) is 0 Å². The summed E-state index contributed by atoms with van der Waals surface area (Å²) in [6.07, 6.45) is 6.71. The topological polar surface area (TPSA) is 39.1 Å². The molecule has 1 aromatic carbocycles. The van der Waals surface area contributed by atoms with Gasteiger partial charge < -0.3 is 14.6 Å². The van der Waals surface area contributed by atoms with Crippen molar-refractivity contribution in [3.05, 3.63) is 47.5 Å². The lowest BCUT2D eigenvalue weighted by Gasteiger charge is -2.14. The Hall–Kier alpha value is -1.81. The molecule has 2 rings (SSSR count). The van der Waals surface area contributed by atoms with Gasteiger partial charge in [-0.3, -0.25) is 0 Å². The first-order chi connectivity index (χ1) is 10.2. The van der Waals surface area contributed by atoms with Crippen LogP contribution in [0.5, 0.6) is 5.75 Å². The predicted molar refractivity (Wildman–Crippen MR) is 85.6 cm³/mol. The van der Waals surface area contributed by atoms with E-state index in [9.17, 15) is 0 Å². The van der Waals surface area contributed by atoms with Gasteiger partial charge in [0.1, 0.15) is 12.4 Å². The summed E-state index contributed by atoms with van der Waals surface area (Å²) in [5, 5.41) is 3.44. The molecule has 1 N–H and O–H groups in total. The molecule has 0 saturated heterocycles. The number of hydrogen-bond donors (Lipinski definition) is 1. The Morgan fingerprint density at radius 2 is 2.00 bits per heavy atom. The van der Waals surface area contributed by atoms with Gasteiger partial charge in [0.25, 0.3) is 0 Å². The number of ether oxygens (including phenoxy) is 1. The first-order valence-electron chi connectivity index (χ1n) is 7.60. The van der Waals surface area contributed by atoms with Gasteiger partial charge in [-0.2, -0.15) is 0 Å². The van der Waals surface area contributed by atoms with E-state index < -0.39 is 0 Å². The third-order valence-corrected chi connectivity index (χ3v) is 3.43. The third kappa shape index (κ3) is 4.60. The van der Waals surface area contributed by atoms with Crippen LogP contribution in [-0.2, 0) is 13.1 Å². The minimum absolute atomic E-state index is 0.658. The highest BCUT2D eigenvalue weighted by atomic mass is 16.5. The second-order valence-electron chi connectivity index (χ2n) is 5.38. The normalized spacial score (nSPS) is 10.8. The van der Waals surface area contributed by atoms with Crippen molar-refractivity contribution >= 4 is 0 Å². The number of hydrogen-bond acceptors (Lipinski definition) is 3. The summed E-state index contributed by atoms with van der Waals surface area (Å²) in [5.41, 5.74) is 3.73. The number of aryl methyl sites for hydroxylation is 2. The Bertz CT molecular complexity index is 526. The number of aromatic nitrogens is 2. The van der Waals surface area contributed by atoms with Gasteiger partial charge in [-0.05, 0) is 43.5 Å². The molecule has 0 fully saturated rings. The fourth-order valence-electron chi connectivity index (χ4n) is 2.45. The van der Waals surface area contributed by atoms with E-state index >= 15 is 0 Å². The van der Waals surface area contributed by atoms with E-state index in [1.54, 1.807) is 6.20 Å². The van der Waals surface area contributed by atoms with Gasteiger partial charge in [-0.25, -0.2) is 4.98 Å². The first kappa shape index (κ1) is 15.6. The molecule has 4 nitrogen and oxygen atoms in total. The average Bonchev–Trinajstić information content (AvgIpc) is 2.95. The second kappa shape index (κ2) is 7.84. The number of nitrogens with zero attached hydrogens (tertiary/aromatic N) is 2. The van der Waals surface area contributed by atoms with Crippen molar-refractivity contribution in [3.63, 3.8) is 0 Å². The molecule has 114 valence electrons. The minimum Gasteiger partial charge on any atom is -0.491 e. The van der Waals surface area contributed by atoms with Crippen molar-refractivity contribution < 1.29 is 4.74 Å². The van der Waals surface area contributed by atoms with Crippen LogP contribution in [0.4, 0.5) is 0 Å². The van der Waals surface area contributed by atoms with Crippen LogP contribution in [-0.4, -0.2) is 22.7 Å². The van der Waals surface area contributed by atoms with Gasteiger partial charge in [0, 0.05) is 18.9 Å². The van der Waals surface area contributed by atoms with Gasteiger partial charge in [-0.1, -0.05) is 19.1 Å². The number of imidazole rings is 1. The van der Waals surface area contributed by atoms with E-state index in [1.807, 2.05) is 17.1 Å². The van der Waals surface area contributed by atoms with Gasteiger partial charge >= 0.3 is 0 Å². The maximum atomic E-state index is 5.95. The fourth-order valence-corrected chi connectivity index (χ4v) is 2.45. The van der Waals surface area contributed by atoms with Crippen molar-refractivity contribution in [2.45, 2.75) is 40.3 Å². The lowest BCUT2D eigenvalue weighted by molar-refractivity contribution is 0.294. The molecule has 0 atom stereocenters. The molecular weight excluding hydrogens is 262 g/mol. The lowest BCUT2D eigenvalue weighted by atomic mass is 10.1. The Kier molecular flexibility index (Phi) is 5.81. The maximum Gasteiger partial charge on any atom is 0.125 e. The van der Waals surface area contributed by atoms with E-state index in [1.165, 1.54) is 16.7 Å². The number of nitrogens with one attached hydrogen (secondary N) is 1. The highest BCUT2D eigenvalue weighted by Gasteiger charge is 2.06. The van der Waals surface area contributed by atoms with Crippen LogP contribution in [0.3, 0.4) is 0 Å². The lowest BCUT2D eigenvalue weighted by Crippen LogP contribution is -2.14. The van der Waals surface area contributed by atoms with Crippen LogP contribution in [0.15, 0.2) is 30.9 Å². The molecule has 0 amide bonds. The van der Waals surface area contributed by atoms with Crippen LogP contribution >= 0.6 is 0 Å². The first-order valence-corrected chi connectivity index (χ1v) is 7.60. The van der Waals surface area contributed by atoms with Crippen molar-refractivity contribution in [1.82, 2.24) is 14.9 Å². The maximum absolute atomic E-state index is 5.95. The van der Waals surface area contributed by atoms with Gasteiger partial charge in [0.05, 0.1) is 12.9 Å². The van der Waals surface area contributed by atoms with E-state index in [0.29, 0.717) is 6.61 Å². The average molecular weight is 287 g/mol. The largest absolute Gasteiger partial charge is 0.491 e. The zero-order valence-corrected chi connectivity index (χ0v) is 13.2. The Morgan fingerprint density at radius 1 is 1.24 bits per heavy atom. The highest BCUT2D eigenvalue weighted by molar-refractivity contribution is 5.43. The van der Waals surface area contributed by atoms with Crippen LogP contribution in [0.1, 0.15) is 30.0 Å². The van der Waals surface area contributed by atoms with Gasteiger partial charge in [0.15, 0.2) is 0 Å². The van der Waals surface area contributed by atoms with Crippen LogP contribution in [0.25, 0.3) is 0 Å². The van der Waals surface area contributed by atoms with Crippen molar-refractivity contribution in [3.8, 4) is 5.75 Å². The summed E-state index contributed by atoms with van der Waals surface area (Å²) in [5.74, 6) is 1.01. The molecule has 0 unspecified atom stereocenters. The molecule has 1 aromatic heterocycles.